The van der Waals surface area contributed by atoms with Gasteiger partial charge in [-0.1, -0.05) is 0 Å². The van der Waals surface area contributed by atoms with E-state index in [1.165, 1.54) is 10.9 Å². The molecular formula is C9H14F3N3O3S. The van der Waals surface area contributed by atoms with E-state index in [0.717, 1.165) is 6.20 Å². The summed E-state index contributed by atoms with van der Waals surface area (Å²) in [5.41, 5.74) is 0. The lowest BCUT2D eigenvalue weighted by Gasteiger charge is -2.07. The Bertz CT molecular complexity index is 498. The Balaban J connectivity index is 2.59. The van der Waals surface area contributed by atoms with Gasteiger partial charge < -0.3 is 5.11 Å². The summed E-state index contributed by atoms with van der Waals surface area (Å²) >= 11 is 0. The topological polar surface area (TPSA) is 84.2 Å². The number of nitrogens with one attached hydrogen (secondary N) is 1. The Kier molecular flexibility index (Phi) is 5.32. The molecule has 0 amide bonds. The number of alkyl halides is 3. The van der Waals surface area contributed by atoms with E-state index in [-0.39, 0.29) is 11.5 Å². The first-order chi connectivity index (χ1) is 8.74. The molecule has 0 fully saturated rings. The Morgan fingerprint density at radius 1 is 1.42 bits per heavy atom. The predicted octanol–water partition coefficient (Wildman–Crippen LogP) is 0.496. The summed E-state index contributed by atoms with van der Waals surface area (Å²) in [6.07, 6.45) is -2.99. The summed E-state index contributed by atoms with van der Waals surface area (Å²) < 4.78 is 62.1. The van der Waals surface area contributed by atoms with Gasteiger partial charge >= 0.3 is 6.18 Å². The molecule has 0 spiro atoms. The highest BCUT2D eigenvalue weighted by molar-refractivity contribution is 7.89. The molecule has 1 rings (SSSR count). The molecule has 0 aromatic carbocycles. The van der Waals surface area contributed by atoms with Crippen molar-refractivity contribution in [3.8, 4) is 0 Å². The van der Waals surface area contributed by atoms with Crippen LogP contribution < -0.4 is 4.72 Å². The van der Waals surface area contributed by atoms with Crippen molar-refractivity contribution in [3.05, 3.63) is 12.4 Å². The third kappa shape index (κ3) is 5.57. The Labute approximate surface area is 108 Å². The molecule has 0 aliphatic heterocycles. The predicted molar refractivity (Wildman–Crippen MR) is 59.8 cm³/mol. The molecule has 0 aliphatic carbocycles. The monoisotopic (exact) mass is 301 g/mol. The van der Waals surface area contributed by atoms with Crippen LogP contribution in [0.3, 0.4) is 0 Å². The van der Waals surface area contributed by atoms with Crippen LogP contribution in [-0.2, 0) is 16.6 Å². The van der Waals surface area contributed by atoms with E-state index in [1.807, 2.05) is 4.72 Å². The van der Waals surface area contributed by atoms with E-state index in [2.05, 4.69) is 5.10 Å². The Hall–Kier alpha value is -1.13. The highest BCUT2D eigenvalue weighted by Gasteiger charge is 2.27. The number of aliphatic hydroxyl groups is 1. The molecule has 6 nitrogen and oxygen atoms in total. The van der Waals surface area contributed by atoms with Gasteiger partial charge in [0.1, 0.15) is 4.90 Å². The van der Waals surface area contributed by atoms with Crippen molar-refractivity contribution < 1.29 is 26.7 Å². The third-order valence-electron chi connectivity index (χ3n) is 2.17. The summed E-state index contributed by atoms with van der Waals surface area (Å²) in [6.45, 7) is -0.450. The SMILES string of the molecule is O=S(=O)(NCCC(F)(F)F)c1cnn(CCCO)c1. The second-order valence-corrected chi connectivity index (χ2v) is 5.55. The van der Waals surface area contributed by atoms with Crippen LogP contribution in [0.1, 0.15) is 12.8 Å². The lowest BCUT2D eigenvalue weighted by Crippen LogP contribution is -2.27. The largest absolute Gasteiger partial charge is 0.396 e. The van der Waals surface area contributed by atoms with Crippen LogP contribution in [0, 0.1) is 0 Å². The average Bonchev–Trinajstić information content (AvgIpc) is 2.73. The first-order valence-electron chi connectivity index (χ1n) is 5.44. The molecule has 10 heteroatoms. The van der Waals surface area contributed by atoms with Crippen molar-refractivity contribution in [3.63, 3.8) is 0 Å². The smallest absolute Gasteiger partial charge is 0.390 e. The van der Waals surface area contributed by atoms with Crippen molar-refractivity contribution in [1.29, 1.82) is 0 Å². The summed E-state index contributed by atoms with van der Waals surface area (Å²) in [5.74, 6) is 0. The summed E-state index contributed by atoms with van der Waals surface area (Å²) in [7, 11) is -3.98. The Morgan fingerprint density at radius 2 is 2.11 bits per heavy atom. The van der Waals surface area contributed by atoms with E-state index in [1.54, 1.807) is 0 Å². The van der Waals surface area contributed by atoms with Crippen molar-refractivity contribution in [1.82, 2.24) is 14.5 Å². The number of rotatable bonds is 7. The summed E-state index contributed by atoms with van der Waals surface area (Å²) in [4.78, 5) is -0.201. The van der Waals surface area contributed by atoms with Gasteiger partial charge in [0.05, 0.1) is 12.6 Å². The van der Waals surface area contributed by atoms with Crippen LogP contribution in [0.15, 0.2) is 17.3 Å². The number of aryl methyl sites for hydroxylation is 1. The van der Waals surface area contributed by atoms with Crippen molar-refractivity contribution in [2.45, 2.75) is 30.5 Å². The highest BCUT2D eigenvalue weighted by atomic mass is 32.2. The summed E-state index contributed by atoms with van der Waals surface area (Å²) in [6, 6.07) is 0. The van der Waals surface area contributed by atoms with E-state index >= 15 is 0 Å². The van der Waals surface area contributed by atoms with Gasteiger partial charge in [-0.05, 0) is 6.42 Å². The van der Waals surface area contributed by atoms with Gasteiger partial charge in [0.15, 0.2) is 0 Å². The fraction of sp³-hybridized carbons (Fsp3) is 0.667. The van der Waals surface area contributed by atoms with Gasteiger partial charge in [0.2, 0.25) is 10.0 Å². The van der Waals surface area contributed by atoms with Crippen LogP contribution in [0.2, 0.25) is 0 Å². The van der Waals surface area contributed by atoms with Crippen LogP contribution in [0.4, 0.5) is 13.2 Å². The lowest BCUT2D eigenvalue weighted by atomic mass is 10.4. The van der Waals surface area contributed by atoms with Crippen molar-refractivity contribution >= 4 is 10.0 Å². The number of aliphatic hydroxyl groups excluding tert-OH is 1. The van der Waals surface area contributed by atoms with Gasteiger partial charge in [-0.15, -0.1) is 0 Å². The molecule has 1 aromatic heterocycles. The molecule has 0 radical (unpaired) electrons. The fourth-order valence-corrected chi connectivity index (χ4v) is 2.23. The average molecular weight is 301 g/mol. The molecule has 2 N–H and O–H groups in total. The van der Waals surface area contributed by atoms with Gasteiger partial charge in [-0.25, -0.2) is 13.1 Å². The summed E-state index contributed by atoms with van der Waals surface area (Å²) in [5, 5.41) is 12.3. The van der Waals surface area contributed by atoms with Crippen LogP contribution in [0.5, 0.6) is 0 Å². The van der Waals surface area contributed by atoms with Crippen LogP contribution in [-0.4, -0.2) is 42.6 Å². The second-order valence-electron chi connectivity index (χ2n) is 3.78. The number of nitrogens with zero attached hydrogens (tertiary/aromatic N) is 2. The van der Waals surface area contributed by atoms with Crippen LogP contribution >= 0.6 is 0 Å². The maximum Gasteiger partial charge on any atom is 0.390 e. The zero-order valence-electron chi connectivity index (χ0n) is 9.89. The van der Waals surface area contributed by atoms with Crippen molar-refractivity contribution in [2.75, 3.05) is 13.2 Å². The van der Waals surface area contributed by atoms with E-state index in [9.17, 15) is 21.6 Å². The number of hydrogen-bond acceptors (Lipinski definition) is 4. The first-order valence-corrected chi connectivity index (χ1v) is 6.93. The maximum atomic E-state index is 11.9. The second kappa shape index (κ2) is 6.35. The molecule has 0 unspecified atom stereocenters. The van der Waals surface area contributed by atoms with Crippen LogP contribution in [0.25, 0.3) is 0 Å². The number of aromatic nitrogens is 2. The lowest BCUT2D eigenvalue weighted by molar-refractivity contribution is -0.132. The molecule has 1 heterocycles. The molecule has 1 aromatic rings. The molecular weight excluding hydrogens is 287 g/mol. The maximum absolute atomic E-state index is 11.9. The Morgan fingerprint density at radius 3 is 2.68 bits per heavy atom. The van der Waals surface area contributed by atoms with E-state index in [0.29, 0.717) is 13.0 Å². The highest BCUT2D eigenvalue weighted by Crippen LogP contribution is 2.18. The van der Waals surface area contributed by atoms with Gasteiger partial charge in [-0.2, -0.15) is 18.3 Å². The quantitative estimate of drug-likeness (QED) is 0.768. The standard InChI is InChI=1S/C9H14F3N3O3S/c10-9(11,12)2-3-14-19(17,18)8-6-13-15(7-8)4-1-5-16/h6-7,14,16H,1-5H2. The van der Waals surface area contributed by atoms with E-state index in [4.69, 9.17) is 5.11 Å². The minimum Gasteiger partial charge on any atom is -0.396 e. The van der Waals surface area contributed by atoms with Gasteiger partial charge in [-0.3, -0.25) is 4.68 Å². The normalized spacial score (nSPS) is 12.8. The molecule has 0 aliphatic rings. The zero-order chi connectivity index (χ0) is 14.5. The zero-order valence-corrected chi connectivity index (χ0v) is 10.7. The fourth-order valence-electron chi connectivity index (χ4n) is 1.25. The van der Waals surface area contributed by atoms with E-state index < -0.39 is 29.2 Å². The molecule has 0 atom stereocenters. The van der Waals surface area contributed by atoms with Gasteiger partial charge in [0.25, 0.3) is 0 Å². The molecule has 110 valence electrons. The number of sulfonamides is 1. The number of halogens is 3. The molecule has 0 saturated carbocycles. The van der Waals surface area contributed by atoms with Crippen molar-refractivity contribution in [2.24, 2.45) is 0 Å². The minimum absolute atomic E-state index is 0.0637. The number of hydrogen-bond donors (Lipinski definition) is 2. The molecule has 19 heavy (non-hydrogen) atoms. The minimum atomic E-state index is -4.41. The molecule has 0 saturated heterocycles. The third-order valence-corrected chi connectivity index (χ3v) is 3.58. The van der Waals surface area contributed by atoms with Gasteiger partial charge in [0, 0.05) is 25.9 Å². The first kappa shape index (κ1) is 15.9. The molecule has 0 bridgehead atoms.